The van der Waals surface area contributed by atoms with E-state index in [2.05, 4.69) is 42.2 Å². The van der Waals surface area contributed by atoms with Gasteiger partial charge in [0, 0.05) is 12.6 Å². The van der Waals surface area contributed by atoms with E-state index >= 15 is 0 Å². The molecule has 1 aromatic carbocycles. The summed E-state index contributed by atoms with van der Waals surface area (Å²) in [6.45, 7) is 5.48. The highest BCUT2D eigenvalue weighted by Gasteiger charge is 2.27. The predicted octanol–water partition coefficient (Wildman–Crippen LogP) is 2.42. The second-order valence-corrected chi connectivity index (χ2v) is 4.72. The fraction of sp³-hybridized carbons (Fsp3) is 0.571. The van der Waals surface area contributed by atoms with Crippen LogP contribution in [0.1, 0.15) is 31.4 Å². The van der Waals surface area contributed by atoms with Crippen LogP contribution in [0.3, 0.4) is 0 Å². The molecule has 2 nitrogen and oxygen atoms in total. The van der Waals surface area contributed by atoms with Gasteiger partial charge in [0.05, 0.1) is 0 Å². The first-order valence-electron chi connectivity index (χ1n) is 6.34. The average molecular weight is 218 g/mol. The van der Waals surface area contributed by atoms with Crippen LogP contribution < -0.4 is 5.73 Å². The van der Waals surface area contributed by atoms with Crippen LogP contribution in [0.5, 0.6) is 0 Å². The third kappa shape index (κ3) is 2.45. The highest BCUT2D eigenvalue weighted by atomic mass is 15.2. The molecule has 1 aromatic rings. The Morgan fingerprint density at radius 1 is 1.38 bits per heavy atom. The number of nitrogens with zero attached hydrogens (tertiary/aromatic N) is 1. The summed E-state index contributed by atoms with van der Waals surface area (Å²) in [4.78, 5) is 2.59. The van der Waals surface area contributed by atoms with Crippen molar-refractivity contribution in [2.24, 2.45) is 11.7 Å². The number of hydrogen-bond acceptors (Lipinski definition) is 2. The van der Waals surface area contributed by atoms with Gasteiger partial charge in [0.2, 0.25) is 0 Å². The van der Waals surface area contributed by atoms with E-state index in [0.29, 0.717) is 12.0 Å². The summed E-state index contributed by atoms with van der Waals surface area (Å²) >= 11 is 0. The van der Waals surface area contributed by atoms with E-state index in [1.807, 2.05) is 0 Å². The Kier molecular flexibility index (Phi) is 3.97. The Hall–Kier alpha value is -0.860. The van der Waals surface area contributed by atoms with Crippen molar-refractivity contribution in [3.8, 4) is 0 Å². The molecule has 0 amide bonds. The van der Waals surface area contributed by atoms with Gasteiger partial charge in [0.15, 0.2) is 0 Å². The van der Waals surface area contributed by atoms with E-state index in [4.69, 9.17) is 5.73 Å². The van der Waals surface area contributed by atoms with Gasteiger partial charge < -0.3 is 5.73 Å². The summed E-state index contributed by atoms with van der Waals surface area (Å²) in [6, 6.07) is 11.4. The van der Waals surface area contributed by atoms with Gasteiger partial charge in [-0.15, -0.1) is 0 Å². The number of hydrogen-bond donors (Lipinski definition) is 1. The minimum atomic E-state index is 0.581. The third-order valence-corrected chi connectivity index (χ3v) is 3.66. The first kappa shape index (κ1) is 11.6. The number of rotatable bonds is 4. The molecule has 1 aliphatic rings. The number of benzene rings is 1. The summed E-state index contributed by atoms with van der Waals surface area (Å²) in [6.07, 6.45) is 2.45. The molecule has 0 aliphatic carbocycles. The standard InChI is InChI=1S/C14H22N2/c1-2-14(13-6-4-3-5-7-13)16-9-8-12(10-15)11-16/h3-7,12,14H,2,8-11,15H2,1H3. The van der Waals surface area contributed by atoms with Crippen molar-refractivity contribution in [1.82, 2.24) is 4.90 Å². The summed E-state index contributed by atoms with van der Waals surface area (Å²) < 4.78 is 0. The topological polar surface area (TPSA) is 29.3 Å². The minimum Gasteiger partial charge on any atom is -0.330 e. The SMILES string of the molecule is CCC(c1ccccc1)N1CCC(CN)C1. The molecule has 16 heavy (non-hydrogen) atoms. The highest BCUT2D eigenvalue weighted by molar-refractivity contribution is 5.19. The first-order valence-corrected chi connectivity index (χ1v) is 6.34. The molecule has 0 saturated carbocycles. The summed E-state index contributed by atoms with van der Waals surface area (Å²) in [5.74, 6) is 0.706. The van der Waals surface area contributed by atoms with E-state index < -0.39 is 0 Å². The van der Waals surface area contributed by atoms with Crippen LogP contribution >= 0.6 is 0 Å². The van der Waals surface area contributed by atoms with E-state index in [0.717, 1.165) is 6.54 Å². The van der Waals surface area contributed by atoms with E-state index in [1.54, 1.807) is 0 Å². The fourth-order valence-electron chi connectivity index (χ4n) is 2.72. The minimum absolute atomic E-state index is 0.581. The van der Waals surface area contributed by atoms with Gasteiger partial charge in [-0.05, 0) is 37.4 Å². The van der Waals surface area contributed by atoms with Gasteiger partial charge in [-0.2, -0.15) is 0 Å². The highest BCUT2D eigenvalue weighted by Crippen LogP contribution is 2.29. The Morgan fingerprint density at radius 2 is 2.12 bits per heavy atom. The lowest BCUT2D eigenvalue weighted by molar-refractivity contribution is 0.231. The van der Waals surface area contributed by atoms with Crippen LogP contribution in [-0.2, 0) is 0 Å². The number of likely N-dealkylation sites (tertiary alicyclic amines) is 1. The molecule has 1 aliphatic heterocycles. The first-order chi connectivity index (χ1) is 7.85. The Bertz CT molecular complexity index is 310. The molecule has 2 unspecified atom stereocenters. The average Bonchev–Trinajstić information content (AvgIpc) is 2.80. The van der Waals surface area contributed by atoms with Crippen molar-refractivity contribution in [1.29, 1.82) is 0 Å². The molecule has 88 valence electrons. The van der Waals surface area contributed by atoms with Crippen LogP contribution in [-0.4, -0.2) is 24.5 Å². The normalized spacial score (nSPS) is 23.5. The zero-order valence-corrected chi connectivity index (χ0v) is 10.1. The molecule has 2 heteroatoms. The quantitative estimate of drug-likeness (QED) is 0.841. The fourth-order valence-corrected chi connectivity index (χ4v) is 2.72. The Balaban J connectivity index is 2.06. The van der Waals surface area contributed by atoms with Crippen LogP contribution in [0, 0.1) is 5.92 Å². The molecular formula is C14H22N2. The molecule has 2 N–H and O–H groups in total. The maximum atomic E-state index is 5.75. The Labute approximate surface area is 98.4 Å². The Morgan fingerprint density at radius 3 is 2.69 bits per heavy atom. The lowest BCUT2D eigenvalue weighted by Gasteiger charge is -2.27. The molecule has 2 atom stereocenters. The predicted molar refractivity (Wildman–Crippen MR) is 68.2 cm³/mol. The second-order valence-electron chi connectivity index (χ2n) is 4.72. The van der Waals surface area contributed by atoms with Gasteiger partial charge in [-0.25, -0.2) is 0 Å². The molecule has 0 radical (unpaired) electrons. The largest absolute Gasteiger partial charge is 0.330 e. The summed E-state index contributed by atoms with van der Waals surface area (Å²) in [5, 5.41) is 0. The molecule has 0 bridgehead atoms. The van der Waals surface area contributed by atoms with Crippen molar-refractivity contribution in [2.75, 3.05) is 19.6 Å². The maximum absolute atomic E-state index is 5.75. The molecule has 1 saturated heterocycles. The van der Waals surface area contributed by atoms with E-state index in [9.17, 15) is 0 Å². The van der Waals surface area contributed by atoms with E-state index in [1.165, 1.54) is 31.5 Å². The molecule has 0 spiro atoms. The summed E-state index contributed by atoms with van der Waals surface area (Å²) in [5.41, 5.74) is 7.20. The molecular weight excluding hydrogens is 196 g/mol. The molecule has 0 aromatic heterocycles. The van der Waals surface area contributed by atoms with Gasteiger partial charge in [0.25, 0.3) is 0 Å². The van der Waals surface area contributed by atoms with Crippen molar-refractivity contribution < 1.29 is 0 Å². The van der Waals surface area contributed by atoms with Crippen molar-refractivity contribution in [3.63, 3.8) is 0 Å². The third-order valence-electron chi connectivity index (χ3n) is 3.66. The van der Waals surface area contributed by atoms with Crippen LogP contribution in [0.25, 0.3) is 0 Å². The maximum Gasteiger partial charge on any atom is 0.0345 e. The van der Waals surface area contributed by atoms with Gasteiger partial charge in [-0.3, -0.25) is 4.90 Å². The smallest absolute Gasteiger partial charge is 0.0345 e. The van der Waals surface area contributed by atoms with Crippen molar-refractivity contribution in [3.05, 3.63) is 35.9 Å². The van der Waals surface area contributed by atoms with Crippen molar-refractivity contribution >= 4 is 0 Å². The van der Waals surface area contributed by atoms with Gasteiger partial charge in [-0.1, -0.05) is 37.3 Å². The molecule has 2 rings (SSSR count). The van der Waals surface area contributed by atoms with Gasteiger partial charge in [0.1, 0.15) is 0 Å². The van der Waals surface area contributed by atoms with Crippen LogP contribution in [0.15, 0.2) is 30.3 Å². The van der Waals surface area contributed by atoms with Crippen LogP contribution in [0.4, 0.5) is 0 Å². The molecule has 1 heterocycles. The summed E-state index contributed by atoms with van der Waals surface area (Å²) in [7, 11) is 0. The number of nitrogens with two attached hydrogens (primary N) is 1. The van der Waals surface area contributed by atoms with Gasteiger partial charge >= 0.3 is 0 Å². The zero-order valence-electron chi connectivity index (χ0n) is 10.1. The second kappa shape index (κ2) is 5.46. The lowest BCUT2D eigenvalue weighted by atomic mass is 10.0. The monoisotopic (exact) mass is 218 g/mol. The lowest BCUT2D eigenvalue weighted by Crippen LogP contribution is -2.27. The van der Waals surface area contributed by atoms with Crippen molar-refractivity contribution in [2.45, 2.75) is 25.8 Å². The molecule has 1 fully saturated rings. The van der Waals surface area contributed by atoms with E-state index in [-0.39, 0.29) is 0 Å². The zero-order chi connectivity index (χ0) is 11.4. The van der Waals surface area contributed by atoms with Crippen LogP contribution in [0.2, 0.25) is 0 Å².